The Morgan fingerprint density at radius 1 is 1.32 bits per heavy atom. The molecule has 3 aliphatic rings. The van der Waals surface area contributed by atoms with Crippen LogP contribution in [0.4, 0.5) is 0 Å². The Morgan fingerprint density at radius 2 is 2.11 bits per heavy atom. The van der Waals surface area contributed by atoms with E-state index in [9.17, 15) is 9.59 Å². The number of carbonyl (C=O) groups is 2. The van der Waals surface area contributed by atoms with E-state index in [4.69, 9.17) is 9.47 Å². The highest BCUT2D eigenvalue weighted by Gasteiger charge is 2.41. The first kappa shape index (κ1) is 21.1. The quantitative estimate of drug-likeness (QED) is 0.585. The topological polar surface area (TPSA) is 52.6 Å². The number of fused-ring (bicyclic) bond motifs is 1. The largest absolute Gasteiger partial charge is 0.462 e. The zero-order valence-electron chi connectivity index (χ0n) is 17.9. The number of cyclic esters (lactones) is 1. The molecule has 1 aliphatic heterocycles. The van der Waals surface area contributed by atoms with Crippen molar-refractivity contribution in [3.63, 3.8) is 0 Å². The van der Waals surface area contributed by atoms with Crippen molar-refractivity contribution in [3.8, 4) is 0 Å². The van der Waals surface area contributed by atoms with Crippen molar-refractivity contribution in [3.05, 3.63) is 23.8 Å². The van der Waals surface area contributed by atoms with Crippen molar-refractivity contribution in [2.75, 3.05) is 0 Å². The molecule has 0 aromatic rings. The molecule has 3 rings (SSSR count). The number of allylic oxidation sites excluding steroid dienone is 3. The summed E-state index contributed by atoms with van der Waals surface area (Å²) in [5, 5.41) is 0. The molecule has 1 heterocycles. The summed E-state index contributed by atoms with van der Waals surface area (Å²) in [5.74, 6) is 1.34. The predicted octanol–water partition coefficient (Wildman–Crippen LogP) is 5.22. The minimum atomic E-state index is -0.0666. The van der Waals surface area contributed by atoms with E-state index in [1.807, 2.05) is 13.8 Å². The van der Waals surface area contributed by atoms with Crippen LogP contribution in [-0.2, 0) is 19.1 Å². The molecule has 7 atom stereocenters. The molecule has 0 N–H and O–H groups in total. The van der Waals surface area contributed by atoms with Crippen molar-refractivity contribution >= 4 is 11.9 Å². The molecule has 1 saturated heterocycles. The van der Waals surface area contributed by atoms with Crippen LogP contribution >= 0.6 is 0 Å². The number of rotatable bonds is 6. The fourth-order valence-electron chi connectivity index (χ4n) is 5.01. The molecule has 0 saturated carbocycles. The fourth-order valence-corrected chi connectivity index (χ4v) is 5.01. The van der Waals surface area contributed by atoms with Gasteiger partial charge in [0.1, 0.15) is 12.2 Å². The van der Waals surface area contributed by atoms with Crippen LogP contribution in [0.25, 0.3) is 0 Å². The van der Waals surface area contributed by atoms with Crippen LogP contribution < -0.4 is 0 Å². The van der Waals surface area contributed by atoms with Crippen LogP contribution in [-0.4, -0.2) is 24.1 Å². The first-order valence-corrected chi connectivity index (χ1v) is 11.2. The maximum atomic E-state index is 12.5. The molecule has 156 valence electrons. The number of esters is 2. The Balaban J connectivity index is 1.74. The highest BCUT2D eigenvalue weighted by molar-refractivity contribution is 5.72. The van der Waals surface area contributed by atoms with Crippen LogP contribution in [0, 0.1) is 29.6 Å². The second-order valence-corrected chi connectivity index (χ2v) is 9.15. The van der Waals surface area contributed by atoms with E-state index >= 15 is 0 Å². The molecule has 0 bridgehead atoms. The summed E-state index contributed by atoms with van der Waals surface area (Å²) in [5.41, 5.74) is 1.32. The van der Waals surface area contributed by atoms with Gasteiger partial charge in [0.25, 0.3) is 0 Å². The zero-order chi connectivity index (χ0) is 20.3. The summed E-state index contributed by atoms with van der Waals surface area (Å²) in [4.78, 5) is 24.2. The molecule has 4 heteroatoms. The summed E-state index contributed by atoms with van der Waals surface area (Å²) in [7, 11) is 0. The number of hydrogen-bond acceptors (Lipinski definition) is 4. The maximum absolute atomic E-state index is 12.5. The lowest BCUT2D eigenvalue weighted by Crippen LogP contribution is -2.41. The van der Waals surface area contributed by atoms with Crippen molar-refractivity contribution in [1.29, 1.82) is 0 Å². The van der Waals surface area contributed by atoms with Gasteiger partial charge in [-0.2, -0.15) is 0 Å². The lowest BCUT2D eigenvalue weighted by molar-refractivity contribution is -0.159. The van der Waals surface area contributed by atoms with Gasteiger partial charge in [0, 0.05) is 12.3 Å². The van der Waals surface area contributed by atoms with Crippen molar-refractivity contribution in [1.82, 2.24) is 0 Å². The van der Waals surface area contributed by atoms with Crippen LogP contribution in [0.2, 0.25) is 0 Å². The fraction of sp³-hybridized carbons (Fsp3) is 0.750. The molecule has 0 amide bonds. The molecule has 1 fully saturated rings. The highest BCUT2D eigenvalue weighted by Crippen LogP contribution is 2.45. The SMILES string of the molecule is CCC(C)C(=O)OC1CC(C)C=C2C=CC(C)C(CCC3CCCC(=O)O3)C21. The molecule has 2 aliphatic carbocycles. The first-order chi connectivity index (χ1) is 13.4. The molecule has 28 heavy (non-hydrogen) atoms. The van der Waals surface area contributed by atoms with Gasteiger partial charge >= 0.3 is 11.9 Å². The van der Waals surface area contributed by atoms with Gasteiger partial charge in [-0.05, 0) is 61.9 Å². The van der Waals surface area contributed by atoms with E-state index < -0.39 is 0 Å². The third-order valence-corrected chi connectivity index (χ3v) is 6.90. The molecule has 0 radical (unpaired) electrons. The predicted molar refractivity (Wildman–Crippen MR) is 109 cm³/mol. The molecular weight excluding hydrogens is 352 g/mol. The van der Waals surface area contributed by atoms with Crippen molar-refractivity contribution in [2.24, 2.45) is 29.6 Å². The Labute approximate surface area is 169 Å². The Hall–Kier alpha value is -1.58. The normalized spacial score (nSPS) is 36.1. The number of carbonyl (C=O) groups excluding carboxylic acids is 2. The number of hydrogen-bond donors (Lipinski definition) is 0. The van der Waals surface area contributed by atoms with Crippen molar-refractivity contribution < 1.29 is 19.1 Å². The Morgan fingerprint density at radius 3 is 2.82 bits per heavy atom. The maximum Gasteiger partial charge on any atom is 0.308 e. The second-order valence-electron chi connectivity index (χ2n) is 9.15. The smallest absolute Gasteiger partial charge is 0.308 e. The third kappa shape index (κ3) is 4.87. The van der Waals surface area contributed by atoms with E-state index in [-0.39, 0.29) is 36.0 Å². The Bertz CT molecular complexity index is 635. The highest BCUT2D eigenvalue weighted by atomic mass is 16.5. The van der Waals surface area contributed by atoms with E-state index in [1.54, 1.807) is 0 Å². The standard InChI is InChI=1S/C24H36O4/c1-5-16(3)24(26)28-21-14-15(2)13-18-10-9-17(4)20(23(18)21)12-11-19-7-6-8-22(25)27-19/h9-10,13,15-17,19-21,23H,5-8,11-12,14H2,1-4H3. The summed E-state index contributed by atoms with van der Waals surface area (Å²) < 4.78 is 11.6. The monoisotopic (exact) mass is 388 g/mol. The summed E-state index contributed by atoms with van der Waals surface area (Å²) in [6.45, 7) is 8.44. The lowest BCUT2D eigenvalue weighted by atomic mass is 9.65. The molecule has 7 unspecified atom stereocenters. The van der Waals surface area contributed by atoms with Crippen LogP contribution in [0.3, 0.4) is 0 Å². The van der Waals surface area contributed by atoms with Gasteiger partial charge in [0.2, 0.25) is 0 Å². The summed E-state index contributed by atoms with van der Waals surface area (Å²) in [6.07, 6.45) is 13.0. The molecule has 0 spiro atoms. The van der Waals surface area contributed by atoms with Crippen LogP contribution in [0.15, 0.2) is 23.8 Å². The second kappa shape index (κ2) is 9.28. The van der Waals surface area contributed by atoms with Crippen LogP contribution in [0.1, 0.15) is 72.6 Å². The van der Waals surface area contributed by atoms with E-state index in [2.05, 4.69) is 32.1 Å². The van der Waals surface area contributed by atoms with Gasteiger partial charge in [-0.1, -0.05) is 45.9 Å². The molecular formula is C24H36O4. The minimum Gasteiger partial charge on any atom is -0.462 e. The molecule has 4 nitrogen and oxygen atoms in total. The summed E-state index contributed by atoms with van der Waals surface area (Å²) >= 11 is 0. The first-order valence-electron chi connectivity index (χ1n) is 11.2. The van der Waals surface area contributed by atoms with Gasteiger partial charge in [-0.25, -0.2) is 0 Å². The van der Waals surface area contributed by atoms with Crippen LogP contribution in [0.5, 0.6) is 0 Å². The van der Waals surface area contributed by atoms with Gasteiger partial charge < -0.3 is 9.47 Å². The lowest BCUT2D eigenvalue weighted by Gasteiger charge is -2.43. The average Bonchev–Trinajstić information content (AvgIpc) is 2.66. The average molecular weight is 389 g/mol. The zero-order valence-corrected chi connectivity index (χ0v) is 17.9. The van der Waals surface area contributed by atoms with Gasteiger partial charge in [-0.15, -0.1) is 0 Å². The minimum absolute atomic E-state index is 0.0513. The molecule has 0 aromatic heterocycles. The van der Waals surface area contributed by atoms with Gasteiger partial charge in [-0.3, -0.25) is 9.59 Å². The third-order valence-electron chi connectivity index (χ3n) is 6.90. The molecule has 0 aromatic carbocycles. The van der Waals surface area contributed by atoms with Crippen molar-refractivity contribution in [2.45, 2.75) is 84.8 Å². The van der Waals surface area contributed by atoms with Gasteiger partial charge in [0.05, 0.1) is 5.92 Å². The van der Waals surface area contributed by atoms with E-state index in [0.717, 1.165) is 38.5 Å². The van der Waals surface area contributed by atoms with Gasteiger partial charge in [0.15, 0.2) is 0 Å². The van der Waals surface area contributed by atoms with E-state index in [1.165, 1.54) is 5.57 Å². The Kier molecular flexibility index (Phi) is 7.00. The van der Waals surface area contributed by atoms with E-state index in [0.29, 0.717) is 24.2 Å². The number of ether oxygens (including phenoxy) is 2. The summed E-state index contributed by atoms with van der Waals surface area (Å²) in [6, 6.07) is 0.